The first-order valence-electron chi connectivity index (χ1n) is 17.4. The molecule has 0 amide bonds. The van der Waals surface area contributed by atoms with Crippen LogP contribution in [-0.4, -0.2) is 111 Å². The second-order valence-corrected chi connectivity index (χ2v) is 13.2. The number of aromatic nitrogens is 4. The van der Waals surface area contributed by atoms with E-state index in [0.717, 1.165) is 67.4 Å². The fourth-order valence-electron chi connectivity index (χ4n) is 6.69. The van der Waals surface area contributed by atoms with Gasteiger partial charge in [-0.3, -0.25) is 4.90 Å². The molecule has 20 heteroatoms. The number of hydrogen-bond donors (Lipinski definition) is 3. The summed E-state index contributed by atoms with van der Waals surface area (Å²) in [7, 11) is 1.64. The molecule has 4 aliphatic rings. The number of pyridine rings is 3. The van der Waals surface area contributed by atoms with Crippen molar-refractivity contribution in [1.82, 2.24) is 29.8 Å². The number of nitrogens with one attached hydrogen (secondary N) is 1. The average Bonchev–Trinajstić information content (AvgIpc) is 3.60. The van der Waals surface area contributed by atoms with Gasteiger partial charge in [0.15, 0.2) is 0 Å². The molecule has 0 spiro atoms. The summed E-state index contributed by atoms with van der Waals surface area (Å²) in [5, 5.41) is 31.9. The predicted octanol–water partition coefficient (Wildman–Crippen LogP) is 5.17. The molecule has 2 unspecified atom stereocenters. The van der Waals surface area contributed by atoms with Crippen LogP contribution in [0.4, 0.5) is 32.2 Å². The van der Waals surface area contributed by atoms with Crippen LogP contribution in [0.1, 0.15) is 36.8 Å². The fourth-order valence-corrected chi connectivity index (χ4v) is 6.69. The van der Waals surface area contributed by atoms with E-state index < -0.39 is 24.3 Å². The Kier molecular flexibility index (Phi) is 13.2. The van der Waals surface area contributed by atoms with Gasteiger partial charge in [0, 0.05) is 61.3 Å². The first-order valence-corrected chi connectivity index (χ1v) is 17.4. The molecule has 0 radical (unpaired) electrons. The van der Waals surface area contributed by atoms with Crippen molar-refractivity contribution < 1.29 is 55.6 Å². The minimum atomic E-state index is -5.08. The second-order valence-electron chi connectivity index (χ2n) is 13.2. The molecule has 3 N–H and O–H groups in total. The number of carboxylic acids is 2. The maximum Gasteiger partial charge on any atom is 0.490 e. The normalized spacial score (nSPS) is 18.4. The zero-order valence-electron chi connectivity index (χ0n) is 29.9. The number of nitriles is 1. The molecule has 4 saturated heterocycles. The summed E-state index contributed by atoms with van der Waals surface area (Å²) >= 11 is 0. The minimum Gasteiger partial charge on any atom is -0.492 e. The standard InChI is InChI=1S/C32H36N8O2.2C2HF3O2/c1-41-31-5-2-23(15-36-31)18-39-26-12-27(39)20-38(19-26)30-4-3-24(16-35-30)29-13-28(21-40-32(29)25(14-33)17-37-40)42-11-8-22-6-9-34-10-7-22;2*3-2(4,5)1(6)7/h2-5,13,15-17,21-22,26-27,34H,6-12,18-20H2,1H3;2*(H,6,7). The van der Waals surface area contributed by atoms with Crippen molar-refractivity contribution in [2.45, 2.75) is 56.7 Å². The molecule has 0 aliphatic carbocycles. The van der Waals surface area contributed by atoms with Crippen molar-refractivity contribution >= 4 is 23.3 Å². The molecule has 56 heavy (non-hydrogen) atoms. The van der Waals surface area contributed by atoms with Crippen LogP contribution in [-0.2, 0) is 16.1 Å². The van der Waals surface area contributed by atoms with Crippen molar-refractivity contribution in [3.8, 4) is 28.8 Å². The average molecular weight is 793 g/mol. The molecule has 0 aromatic carbocycles. The summed E-state index contributed by atoms with van der Waals surface area (Å²) in [6.45, 7) is 5.67. The maximum atomic E-state index is 10.6. The minimum absolute atomic E-state index is 0.510. The molecular weight excluding hydrogens is 754 g/mol. The van der Waals surface area contributed by atoms with Crippen LogP contribution in [0.5, 0.6) is 11.6 Å². The molecule has 2 atom stereocenters. The molecule has 4 aromatic rings. The van der Waals surface area contributed by atoms with Gasteiger partial charge in [-0.15, -0.1) is 0 Å². The molecule has 14 nitrogen and oxygen atoms in total. The predicted molar refractivity (Wildman–Crippen MR) is 187 cm³/mol. The third-order valence-corrected chi connectivity index (χ3v) is 9.54. The van der Waals surface area contributed by atoms with Crippen LogP contribution in [0, 0.1) is 17.2 Å². The Morgan fingerprint density at radius 1 is 0.964 bits per heavy atom. The van der Waals surface area contributed by atoms with E-state index in [1.54, 1.807) is 17.8 Å². The van der Waals surface area contributed by atoms with Gasteiger partial charge >= 0.3 is 24.3 Å². The van der Waals surface area contributed by atoms with Crippen molar-refractivity contribution in [2.24, 2.45) is 5.92 Å². The molecule has 8 rings (SSSR count). The van der Waals surface area contributed by atoms with Gasteiger partial charge in [0.1, 0.15) is 17.6 Å². The first-order chi connectivity index (χ1) is 26.6. The highest BCUT2D eigenvalue weighted by atomic mass is 19.4. The third-order valence-electron chi connectivity index (χ3n) is 9.54. The van der Waals surface area contributed by atoms with Gasteiger partial charge < -0.3 is 29.9 Å². The smallest absolute Gasteiger partial charge is 0.490 e. The van der Waals surface area contributed by atoms with E-state index in [4.69, 9.17) is 34.3 Å². The maximum absolute atomic E-state index is 10.6. The number of aliphatic carboxylic acids is 2. The van der Waals surface area contributed by atoms with E-state index in [1.165, 1.54) is 24.8 Å². The third kappa shape index (κ3) is 10.5. The summed E-state index contributed by atoms with van der Waals surface area (Å²) in [5.41, 5.74) is 4.38. The van der Waals surface area contributed by atoms with Crippen LogP contribution in [0.2, 0.25) is 0 Å². The molecule has 4 fully saturated rings. The lowest BCUT2D eigenvalue weighted by Crippen LogP contribution is -2.68. The molecule has 0 saturated carbocycles. The monoisotopic (exact) mass is 792 g/mol. The van der Waals surface area contributed by atoms with Crippen LogP contribution in [0.3, 0.4) is 0 Å². The Labute approximate surface area is 316 Å². The van der Waals surface area contributed by atoms with E-state index in [-0.39, 0.29) is 0 Å². The zero-order chi connectivity index (χ0) is 40.6. The number of methoxy groups -OCH3 is 1. The Bertz CT molecular complexity index is 1960. The van der Waals surface area contributed by atoms with Crippen LogP contribution < -0.4 is 19.7 Å². The number of halogens is 6. The number of nitrogens with zero attached hydrogens (tertiary/aromatic N) is 7. The number of rotatable bonds is 9. The summed E-state index contributed by atoms with van der Waals surface area (Å²) in [5.74, 6) is -2.42. The van der Waals surface area contributed by atoms with E-state index in [1.807, 2.05) is 30.7 Å². The van der Waals surface area contributed by atoms with Crippen molar-refractivity contribution in [3.63, 3.8) is 0 Å². The number of fused-ring (bicyclic) bond motifs is 3. The van der Waals surface area contributed by atoms with E-state index in [0.29, 0.717) is 36.1 Å². The Morgan fingerprint density at radius 2 is 1.62 bits per heavy atom. The highest BCUT2D eigenvalue weighted by Gasteiger charge is 2.44. The number of carboxylic acid groups (broad SMARTS) is 2. The Balaban J connectivity index is 0.000000367. The second kappa shape index (κ2) is 17.8. The summed E-state index contributed by atoms with van der Waals surface area (Å²) in [6, 6.07) is 13.6. The highest BCUT2D eigenvalue weighted by Crippen LogP contribution is 2.37. The largest absolute Gasteiger partial charge is 0.492 e. The number of alkyl halides is 6. The summed E-state index contributed by atoms with van der Waals surface area (Å²) in [4.78, 5) is 32.0. The van der Waals surface area contributed by atoms with E-state index >= 15 is 0 Å². The van der Waals surface area contributed by atoms with Gasteiger partial charge in [-0.2, -0.15) is 36.7 Å². The van der Waals surface area contributed by atoms with Gasteiger partial charge in [0.2, 0.25) is 5.88 Å². The SMILES string of the molecule is COc1ccc(CN2C3CC2CN(c2ccc(-c4cc(OCCC5CCNCC5)cn5ncc(C#N)c45)cn2)C3)cn1.O=C(O)C(F)(F)F.O=C(O)C(F)(F)F. The lowest BCUT2D eigenvalue weighted by Gasteiger charge is -2.56. The molecule has 4 aromatic heterocycles. The topological polar surface area (TPSA) is 178 Å². The number of anilines is 1. The highest BCUT2D eigenvalue weighted by molar-refractivity contribution is 5.85. The lowest BCUT2D eigenvalue weighted by molar-refractivity contribution is -0.193. The van der Waals surface area contributed by atoms with Crippen LogP contribution >= 0.6 is 0 Å². The number of piperazine rings is 1. The molecule has 2 bridgehead atoms. The van der Waals surface area contributed by atoms with Gasteiger partial charge in [-0.25, -0.2) is 24.1 Å². The van der Waals surface area contributed by atoms with E-state index in [2.05, 4.69) is 49.5 Å². The molecule has 4 aliphatic heterocycles. The Morgan fingerprint density at radius 3 is 2.16 bits per heavy atom. The van der Waals surface area contributed by atoms with Crippen LogP contribution in [0.15, 0.2) is 55.1 Å². The first kappa shape index (κ1) is 41.5. The number of piperidine rings is 2. The lowest BCUT2D eigenvalue weighted by atomic mass is 9.87. The molecule has 300 valence electrons. The van der Waals surface area contributed by atoms with Gasteiger partial charge in [0.25, 0.3) is 0 Å². The van der Waals surface area contributed by atoms with E-state index in [9.17, 15) is 31.6 Å². The van der Waals surface area contributed by atoms with Crippen LogP contribution in [0.25, 0.3) is 16.6 Å². The van der Waals surface area contributed by atoms with Crippen molar-refractivity contribution in [2.75, 3.05) is 44.8 Å². The fraction of sp³-hybridized carbons (Fsp3) is 0.444. The molecule has 8 heterocycles. The number of carbonyl (C=O) groups is 2. The van der Waals surface area contributed by atoms with Gasteiger partial charge in [0.05, 0.1) is 37.2 Å². The number of ether oxygens (including phenoxy) is 2. The Hall–Kier alpha value is -5.68. The van der Waals surface area contributed by atoms with Crippen molar-refractivity contribution in [3.05, 3.63) is 66.2 Å². The summed E-state index contributed by atoms with van der Waals surface area (Å²) in [6.07, 6.45) is 1.82. The quantitative estimate of drug-likeness (QED) is 0.189. The molecular formula is C36H38F6N8O6. The van der Waals surface area contributed by atoms with Gasteiger partial charge in [-0.05, 0) is 68.5 Å². The summed E-state index contributed by atoms with van der Waals surface area (Å²) < 4.78 is 76.6. The van der Waals surface area contributed by atoms with Gasteiger partial charge in [-0.1, -0.05) is 6.07 Å². The van der Waals surface area contributed by atoms with Crippen molar-refractivity contribution in [1.29, 1.82) is 5.26 Å². The zero-order valence-corrected chi connectivity index (χ0v) is 29.9. The number of hydrogen-bond acceptors (Lipinski definition) is 11.